The van der Waals surface area contributed by atoms with Crippen molar-refractivity contribution in [1.82, 2.24) is 20.0 Å². The highest BCUT2D eigenvalue weighted by molar-refractivity contribution is 9.10. The van der Waals surface area contributed by atoms with Gasteiger partial charge in [0, 0.05) is 34.8 Å². The van der Waals surface area contributed by atoms with Crippen LogP contribution < -0.4 is 20.5 Å². The summed E-state index contributed by atoms with van der Waals surface area (Å²) in [6.07, 6.45) is 0.397. The van der Waals surface area contributed by atoms with Crippen LogP contribution in [0.15, 0.2) is 65.3 Å². The molecule has 0 saturated heterocycles. The Balaban J connectivity index is 0.00000319. The number of carbonyl (C=O) groups excluding carboxylic acids is 3. The minimum Gasteiger partial charge on any atom is -0.493 e. The number of aromatic amines is 1. The quantitative estimate of drug-likeness (QED) is 0.132. The first-order valence-electron chi connectivity index (χ1n) is 16.2. The SMILES string of the molecule is CC.COc1ccc(CN(C(=O)[C@H](Cc2c(C)cc(C(N)=O)cc2C)NC(=O)OC(C)C)[C@@H](C)n2[nH]cc2-c2ccccc2Br)cc1OC. The highest BCUT2D eigenvalue weighted by atomic mass is 79.9. The molecule has 4 rings (SSSR count). The maximum atomic E-state index is 14.8. The second kappa shape index (κ2) is 17.6. The molecule has 0 aliphatic carbocycles. The van der Waals surface area contributed by atoms with E-state index in [1.54, 1.807) is 51.2 Å². The number of carbonyl (C=O) groups is 3. The van der Waals surface area contributed by atoms with Crippen LogP contribution in [0.4, 0.5) is 4.79 Å². The molecule has 12 heteroatoms. The summed E-state index contributed by atoms with van der Waals surface area (Å²) in [5, 5.41) is 6.06. The molecule has 3 aromatic carbocycles. The van der Waals surface area contributed by atoms with Gasteiger partial charge < -0.3 is 35.3 Å². The van der Waals surface area contributed by atoms with Crippen LogP contribution in [-0.2, 0) is 22.5 Å². The number of amides is 3. The number of H-pyrrole nitrogens is 1. The number of nitrogens with zero attached hydrogens (tertiary/aromatic N) is 2. The molecule has 49 heavy (non-hydrogen) atoms. The van der Waals surface area contributed by atoms with E-state index in [1.165, 1.54) is 0 Å². The number of benzene rings is 3. The van der Waals surface area contributed by atoms with E-state index in [-0.39, 0.29) is 18.9 Å². The Bertz CT molecular complexity index is 1720. The van der Waals surface area contributed by atoms with Crippen molar-refractivity contribution in [2.45, 2.75) is 79.7 Å². The third-order valence-electron chi connectivity index (χ3n) is 7.98. The molecule has 2 atom stereocenters. The van der Waals surface area contributed by atoms with Gasteiger partial charge in [-0.3, -0.25) is 14.3 Å². The van der Waals surface area contributed by atoms with Gasteiger partial charge in [-0.25, -0.2) is 4.79 Å². The van der Waals surface area contributed by atoms with E-state index >= 15 is 0 Å². The summed E-state index contributed by atoms with van der Waals surface area (Å²) in [5.74, 6) is 0.204. The number of nitrogens with two attached hydrogens (primary N) is 1. The molecule has 11 nitrogen and oxygen atoms in total. The monoisotopic (exact) mass is 737 g/mol. The number of hydrogen-bond acceptors (Lipinski definition) is 6. The number of halogens is 1. The third-order valence-corrected chi connectivity index (χ3v) is 8.67. The predicted molar refractivity (Wildman–Crippen MR) is 195 cm³/mol. The number of aromatic nitrogens is 2. The highest BCUT2D eigenvalue weighted by Crippen LogP contribution is 2.33. The summed E-state index contributed by atoms with van der Waals surface area (Å²) in [4.78, 5) is 41.4. The van der Waals surface area contributed by atoms with Gasteiger partial charge in [-0.15, -0.1) is 0 Å². The number of hydrogen-bond donors (Lipinski definition) is 3. The smallest absolute Gasteiger partial charge is 0.408 e. The Morgan fingerprint density at radius 1 is 0.959 bits per heavy atom. The van der Waals surface area contributed by atoms with E-state index < -0.39 is 30.3 Å². The molecule has 1 heterocycles. The standard InChI is InChI=1S/C35H42BrN5O6.C2H6/c1-20(2)47-35(44)39-29(17-27-21(3)14-25(33(37)42)15-22(27)4)34(43)40(19-24-12-13-31(45-6)32(16-24)46-7)23(5)41-30(18-38-41)26-10-8-9-11-28(26)36;1-2/h8-16,18,20,23,29,38H,17,19H2,1-7H3,(H2,37,42)(H,39,44);1-2H3/t23-,29+;/m1./s1. The van der Waals surface area contributed by atoms with Gasteiger partial charge in [-0.2, -0.15) is 0 Å². The molecular formula is C37H48BrN5O6. The Labute approximate surface area is 297 Å². The van der Waals surface area contributed by atoms with Crippen LogP contribution in [0, 0.1) is 13.8 Å². The Kier molecular flexibility index (Phi) is 13.9. The topological polar surface area (TPSA) is 141 Å². The Hall–Kier alpha value is -4.71. The zero-order valence-corrected chi connectivity index (χ0v) is 31.3. The fourth-order valence-corrected chi connectivity index (χ4v) is 6.04. The Morgan fingerprint density at radius 3 is 2.12 bits per heavy atom. The molecule has 264 valence electrons. The summed E-state index contributed by atoms with van der Waals surface area (Å²) in [6.45, 7) is 13.3. The molecule has 0 bridgehead atoms. The fourth-order valence-electron chi connectivity index (χ4n) is 5.55. The van der Waals surface area contributed by atoms with Crippen LogP contribution in [0.3, 0.4) is 0 Å². The van der Waals surface area contributed by atoms with Crippen molar-refractivity contribution in [2.75, 3.05) is 14.2 Å². The summed E-state index contributed by atoms with van der Waals surface area (Å²) in [5.41, 5.74) is 10.9. The third kappa shape index (κ3) is 9.47. The number of rotatable bonds is 13. The molecular weight excluding hydrogens is 690 g/mol. The number of alkyl carbamates (subject to hydrolysis) is 1. The number of aryl methyl sites for hydroxylation is 2. The number of ether oxygens (including phenoxy) is 3. The molecule has 0 aliphatic rings. The normalized spacial score (nSPS) is 12.0. The lowest BCUT2D eigenvalue weighted by Crippen LogP contribution is -2.51. The van der Waals surface area contributed by atoms with E-state index in [9.17, 15) is 14.4 Å². The zero-order valence-electron chi connectivity index (χ0n) is 29.7. The van der Waals surface area contributed by atoms with Gasteiger partial charge >= 0.3 is 6.09 Å². The first-order chi connectivity index (χ1) is 23.3. The van der Waals surface area contributed by atoms with Crippen LogP contribution in [-0.4, -0.2) is 59.0 Å². The fraction of sp³-hybridized carbons (Fsp3) is 0.378. The second-order valence-electron chi connectivity index (χ2n) is 11.6. The van der Waals surface area contributed by atoms with Gasteiger partial charge in [0.15, 0.2) is 11.5 Å². The second-order valence-corrected chi connectivity index (χ2v) is 12.5. The van der Waals surface area contributed by atoms with Crippen LogP contribution in [0.5, 0.6) is 11.5 Å². The highest BCUT2D eigenvalue weighted by Gasteiger charge is 2.33. The van der Waals surface area contributed by atoms with Crippen molar-refractivity contribution in [3.63, 3.8) is 0 Å². The molecule has 0 fully saturated rings. The van der Waals surface area contributed by atoms with E-state index in [2.05, 4.69) is 26.3 Å². The summed E-state index contributed by atoms with van der Waals surface area (Å²) < 4.78 is 19.2. The van der Waals surface area contributed by atoms with Gasteiger partial charge in [0.05, 0.1) is 26.0 Å². The minimum absolute atomic E-state index is 0.151. The summed E-state index contributed by atoms with van der Waals surface area (Å²) in [6, 6.07) is 15.7. The molecule has 0 saturated carbocycles. The van der Waals surface area contributed by atoms with Gasteiger partial charge in [0.1, 0.15) is 12.2 Å². The van der Waals surface area contributed by atoms with Crippen LogP contribution >= 0.6 is 15.9 Å². The van der Waals surface area contributed by atoms with Crippen molar-refractivity contribution in [2.24, 2.45) is 5.73 Å². The molecule has 1 aromatic heterocycles. The minimum atomic E-state index is -1.02. The molecule has 0 radical (unpaired) electrons. The van der Waals surface area contributed by atoms with E-state index in [4.69, 9.17) is 19.9 Å². The lowest BCUT2D eigenvalue weighted by atomic mass is 9.93. The average molecular weight is 739 g/mol. The number of primary amides is 1. The van der Waals surface area contributed by atoms with E-state index in [1.807, 2.05) is 81.9 Å². The van der Waals surface area contributed by atoms with Crippen molar-refractivity contribution in [1.29, 1.82) is 0 Å². The van der Waals surface area contributed by atoms with Crippen LogP contribution in [0.25, 0.3) is 11.3 Å². The van der Waals surface area contributed by atoms with Crippen molar-refractivity contribution >= 4 is 33.8 Å². The van der Waals surface area contributed by atoms with Gasteiger partial charge in [-0.05, 0) is 87.2 Å². The van der Waals surface area contributed by atoms with Gasteiger partial charge in [0.25, 0.3) is 0 Å². The number of nitrogens with one attached hydrogen (secondary N) is 2. The Morgan fingerprint density at radius 2 is 1.59 bits per heavy atom. The maximum absolute atomic E-state index is 14.8. The average Bonchev–Trinajstić information content (AvgIpc) is 3.05. The zero-order chi connectivity index (χ0) is 36.4. The first-order valence-corrected chi connectivity index (χ1v) is 17.0. The number of methoxy groups -OCH3 is 2. The maximum Gasteiger partial charge on any atom is 0.408 e. The summed E-state index contributed by atoms with van der Waals surface area (Å²) >= 11 is 3.64. The molecule has 0 unspecified atom stereocenters. The van der Waals surface area contributed by atoms with Crippen LogP contribution in [0.1, 0.15) is 73.4 Å². The first kappa shape index (κ1) is 38.7. The lowest BCUT2D eigenvalue weighted by Gasteiger charge is -2.36. The molecule has 0 spiro atoms. The van der Waals surface area contributed by atoms with Crippen molar-refractivity contribution in [3.8, 4) is 22.8 Å². The molecule has 4 aromatic rings. The van der Waals surface area contributed by atoms with E-state index in [0.717, 1.165) is 38.0 Å². The lowest BCUT2D eigenvalue weighted by molar-refractivity contribution is -0.138. The molecule has 3 amide bonds. The van der Waals surface area contributed by atoms with Gasteiger partial charge in [0.2, 0.25) is 11.8 Å². The van der Waals surface area contributed by atoms with E-state index in [0.29, 0.717) is 17.1 Å². The predicted octanol–water partition coefficient (Wildman–Crippen LogP) is 7.30. The van der Waals surface area contributed by atoms with Crippen molar-refractivity contribution < 1.29 is 28.6 Å². The largest absolute Gasteiger partial charge is 0.493 e. The van der Waals surface area contributed by atoms with Crippen molar-refractivity contribution in [3.05, 3.63) is 93.1 Å². The van der Waals surface area contributed by atoms with Gasteiger partial charge in [-0.1, -0.05) is 54.0 Å². The molecule has 0 aliphatic heterocycles. The van der Waals surface area contributed by atoms with Crippen LogP contribution in [0.2, 0.25) is 0 Å². The summed E-state index contributed by atoms with van der Waals surface area (Å²) in [7, 11) is 3.12. The molecule has 4 N–H and O–H groups in total.